The molecule has 0 bridgehead atoms. The number of phenolic OH excluding ortho intramolecular Hbond substituents is 1. The van der Waals surface area contributed by atoms with Crippen LogP contribution in [0.2, 0.25) is 0 Å². The highest BCUT2D eigenvalue weighted by Gasteiger charge is 2.32. The van der Waals surface area contributed by atoms with E-state index in [0.29, 0.717) is 25.8 Å². The Morgan fingerprint density at radius 2 is 1.04 bits per heavy atom. The van der Waals surface area contributed by atoms with Crippen molar-refractivity contribution in [3.05, 3.63) is 29.8 Å². The van der Waals surface area contributed by atoms with Crippen LogP contribution in [0.15, 0.2) is 24.3 Å². The Hall–Kier alpha value is -3.71. The first-order valence-corrected chi connectivity index (χ1v) is 16.2. The summed E-state index contributed by atoms with van der Waals surface area (Å²) < 4.78 is 0. The third-order valence-corrected chi connectivity index (χ3v) is 7.31. The van der Waals surface area contributed by atoms with Crippen LogP contribution < -0.4 is 32.7 Å². The lowest BCUT2D eigenvalue weighted by Gasteiger charge is -2.28. The number of benzene rings is 1. The molecule has 1 rings (SSSR count). The van der Waals surface area contributed by atoms with E-state index in [2.05, 4.69) is 21.3 Å². The van der Waals surface area contributed by atoms with E-state index in [-0.39, 0.29) is 49.2 Å². The molecule has 0 unspecified atom stereocenters. The molecule has 0 spiro atoms. The molecule has 0 aromatic heterocycles. The summed E-state index contributed by atoms with van der Waals surface area (Å²) in [5.74, 6) is -3.38. The fraction of sp³-hybridized carbons (Fsp3) is 0.667. The van der Waals surface area contributed by atoms with Gasteiger partial charge in [-0.2, -0.15) is 0 Å². The Kier molecular flexibility index (Phi) is 17.9. The summed E-state index contributed by atoms with van der Waals surface area (Å²) in [6.45, 7) is 11.7. The first-order valence-electron chi connectivity index (χ1n) is 16.2. The van der Waals surface area contributed by atoms with Gasteiger partial charge < -0.3 is 42.9 Å². The molecule has 0 heterocycles. The van der Waals surface area contributed by atoms with Crippen LogP contribution in [0.5, 0.6) is 5.75 Å². The van der Waals surface area contributed by atoms with Gasteiger partial charge in [0.1, 0.15) is 29.9 Å². The predicted octanol–water partition coefficient (Wildman–Crippen LogP) is 1.55. The van der Waals surface area contributed by atoms with E-state index in [1.807, 2.05) is 41.5 Å². The van der Waals surface area contributed by atoms with Gasteiger partial charge in [-0.05, 0) is 86.9 Å². The molecule has 1 aromatic carbocycles. The van der Waals surface area contributed by atoms with Crippen molar-refractivity contribution in [1.29, 1.82) is 0 Å². The van der Waals surface area contributed by atoms with E-state index in [0.717, 1.165) is 5.56 Å². The number of carboxylic acids is 1. The topological polar surface area (TPSA) is 226 Å². The number of rotatable bonds is 21. The number of carboxylic acid groups (broad SMARTS) is 1. The van der Waals surface area contributed by atoms with Gasteiger partial charge in [-0.15, -0.1) is 0 Å². The number of carbonyl (C=O) groups excluding carboxylic acids is 4. The molecule has 0 aliphatic rings. The molecular weight excluding hydrogens is 592 g/mol. The van der Waals surface area contributed by atoms with Gasteiger partial charge >= 0.3 is 5.97 Å². The Morgan fingerprint density at radius 3 is 1.41 bits per heavy atom. The largest absolute Gasteiger partial charge is 0.508 e. The van der Waals surface area contributed by atoms with Crippen LogP contribution >= 0.6 is 0 Å². The van der Waals surface area contributed by atoms with Crippen molar-refractivity contribution in [2.24, 2.45) is 29.2 Å². The van der Waals surface area contributed by atoms with Crippen molar-refractivity contribution in [2.75, 3.05) is 6.54 Å². The highest BCUT2D eigenvalue weighted by molar-refractivity contribution is 5.95. The molecule has 0 fully saturated rings. The lowest BCUT2D eigenvalue weighted by atomic mass is 9.98. The maximum absolute atomic E-state index is 13.6. The second-order valence-corrected chi connectivity index (χ2v) is 13.2. The van der Waals surface area contributed by atoms with Crippen molar-refractivity contribution < 1.29 is 34.2 Å². The smallest absolute Gasteiger partial charge is 0.326 e. The van der Waals surface area contributed by atoms with Crippen LogP contribution in [0.25, 0.3) is 0 Å². The van der Waals surface area contributed by atoms with Gasteiger partial charge in [0, 0.05) is 0 Å². The molecule has 260 valence electrons. The summed E-state index contributed by atoms with van der Waals surface area (Å²) in [5, 5.41) is 29.9. The molecule has 13 nitrogen and oxygen atoms in total. The quantitative estimate of drug-likeness (QED) is 0.0904. The number of hydrogen-bond acceptors (Lipinski definition) is 8. The number of aliphatic carboxylic acids is 1. The molecule has 5 atom stereocenters. The van der Waals surface area contributed by atoms with Gasteiger partial charge in [0.15, 0.2) is 0 Å². The second-order valence-electron chi connectivity index (χ2n) is 13.2. The maximum atomic E-state index is 13.6. The summed E-state index contributed by atoms with van der Waals surface area (Å²) >= 11 is 0. The van der Waals surface area contributed by atoms with Gasteiger partial charge in [-0.1, -0.05) is 53.7 Å². The summed E-state index contributed by atoms with van der Waals surface area (Å²) in [5.41, 5.74) is 12.4. The number of unbranched alkanes of at least 4 members (excludes halogenated alkanes) is 1. The van der Waals surface area contributed by atoms with Gasteiger partial charge in [-0.25, -0.2) is 4.79 Å². The number of aromatic hydroxyl groups is 1. The molecule has 0 saturated heterocycles. The first-order chi connectivity index (χ1) is 21.5. The van der Waals surface area contributed by atoms with Gasteiger partial charge in [-0.3, -0.25) is 19.2 Å². The van der Waals surface area contributed by atoms with E-state index >= 15 is 0 Å². The van der Waals surface area contributed by atoms with Crippen molar-refractivity contribution in [3.63, 3.8) is 0 Å². The fourth-order valence-corrected chi connectivity index (χ4v) is 4.93. The minimum Gasteiger partial charge on any atom is -0.508 e. The highest BCUT2D eigenvalue weighted by atomic mass is 16.4. The number of carbonyl (C=O) groups is 5. The zero-order valence-electron chi connectivity index (χ0n) is 28.2. The average Bonchev–Trinajstić information content (AvgIpc) is 2.95. The lowest BCUT2D eigenvalue weighted by Crippen LogP contribution is -2.59. The average molecular weight is 649 g/mol. The number of amides is 4. The molecule has 0 saturated carbocycles. The second kappa shape index (κ2) is 20.4. The van der Waals surface area contributed by atoms with E-state index in [9.17, 15) is 34.2 Å². The van der Waals surface area contributed by atoms with Gasteiger partial charge in [0.2, 0.25) is 23.6 Å². The molecule has 0 aliphatic carbocycles. The number of nitrogens with two attached hydrogens (primary N) is 2. The van der Waals surface area contributed by atoms with Crippen LogP contribution in [0.1, 0.15) is 85.6 Å². The number of hydrogen-bond donors (Lipinski definition) is 8. The van der Waals surface area contributed by atoms with E-state index in [1.54, 1.807) is 12.1 Å². The molecular formula is C33H56N6O7. The standard InChI is InChI=1S/C33H56N6O7/c1-19(2)15-26(37-29(41)24(35)18-22-10-12-23(40)13-11-22)31(43)39-28(17-21(5)6)32(44)38-27(16-20(3)4)30(42)36-25(33(45)46)9-7-8-14-34/h10-13,19-21,24-28,40H,7-9,14-18,34-35H2,1-6H3,(H,36,42)(H,37,41)(H,38,44)(H,39,43)(H,45,46)/t24-,25-,26-,27-,28-/m0/s1. The Balaban J connectivity index is 3.08. The molecule has 4 amide bonds. The first kappa shape index (κ1) is 40.3. The van der Waals surface area contributed by atoms with E-state index < -0.39 is 59.8 Å². The summed E-state index contributed by atoms with van der Waals surface area (Å²) in [6, 6.07) is 1.21. The molecule has 0 radical (unpaired) electrons. The normalized spacial score (nSPS) is 14.7. The monoisotopic (exact) mass is 648 g/mol. The maximum Gasteiger partial charge on any atom is 0.326 e. The summed E-state index contributed by atoms with van der Waals surface area (Å²) in [6.07, 6.45) is 2.33. The Labute approximate surface area is 273 Å². The van der Waals surface area contributed by atoms with Crippen molar-refractivity contribution in [3.8, 4) is 5.75 Å². The number of nitrogens with one attached hydrogen (secondary N) is 4. The minimum atomic E-state index is -1.18. The third kappa shape index (κ3) is 15.5. The van der Waals surface area contributed by atoms with Crippen molar-refractivity contribution in [1.82, 2.24) is 21.3 Å². The minimum absolute atomic E-state index is 0.00822. The summed E-state index contributed by atoms with van der Waals surface area (Å²) in [7, 11) is 0. The molecule has 1 aromatic rings. The molecule has 0 aliphatic heterocycles. The fourth-order valence-electron chi connectivity index (χ4n) is 4.93. The number of phenols is 1. The van der Waals surface area contributed by atoms with Crippen LogP contribution in [0.3, 0.4) is 0 Å². The SMILES string of the molecule is CC(C)C[C@H](NC(=O)[C@H](CC(C)C)NC(=O)[C@H](CC(C)C)NC(=O)[C@@H](N)Cc1ccc(O)cc1)C(=O)N[C@@H](CCCCN)C(=O)O. The zero-order valence-corrected chi connectivity index (χ0v) is 28.2. The lowest BCUT2D eigenvalue weighted by molar-refractivity contribution is -0.142. The van der Waals surface area contributed by atoms with Crippen LogP contribution in [-0.2, 0) is 30.4 Å². The zero-order chi connectivity index (χ0) is 35.0. The van der Waals surface area contributed by atoms with Crippen LogP contribution in [-0.4, -0.2) is 76.6 Å². The van der Waals surface area contributed by atoms with Crippen molar-refractivity contribution >= 4 is 29.6 Å². The Bertz CT molecular complexity index is 1130. The van der Waals surface area contributed by atoms with Crippen LogP contribution in [0.4, 0.5) is 0 Å². The predicted molar refractivity (Wildman–Crippen MR) is 176 cm³/mol. The summed E-state index contributed by atoms with van der Waals surface area (Å²) in [4.78, 5) is 65.1. The van der Waals surface area contributed by atoms with Crippen LogP contribution in [0, 0.1) is 17.8 Å². The molecule has 10 N–H and O–H groups in total. The Morgan fingerprint density at radius 1 is 0.652 bits per heavy atom. The molecule has 13 heteroatoms. The third-order valence-electron chi connectivity index (χ3n) is 7.31. The van der Waals surface area contributed by atoms with Crippen molar-refractivity contribution in [2.45, 2.75) is 117 Å². The van der Waals surface area contributed by atoms with E-state index in [1.165, 1.54) is 12.1 Å². The highest BCUT2D eigenvalue weighted by Crippen LogP contribution is 2.14. The molecule has 46 heavy (non-hydrogen) atoms. The van der Waals surface area contributed by atoms with Gasteiger partial charge in [0.25, 0.3) is 0 Å². The van der Waals surface area contributed by atoms with Gasteiger partial charge in [0.05, 0.1) is 6.04 Å². The van der Waals surface area contributed by atoms with E-state index in [4.69, 9.17) is 11.5 Å².